The number of fused-ring (bicyclic) bond motifs is 7. The summed E-state index contributed by atoms with van der Waals surface area (Å²) in [4.78, 5) is 7.36. The molecule has 57 heavy (non-hydrogen) atoms. The predicted octanol–water partition coefficient (Wildman–Crippen LogP) is 12.2. The van der Waals surface area contributed by atoms with Gasteiger partial charge in [0, 0.05) is 33.8 Å². The first kappa shape index (κ1) is 30.8. The van der Waals surface area contributed by atoms with Gasteiger partial charge in [-0.25, -0.2) is 0 Å². The van der Waals surface area contributed by atoms with E-state index in [1.165, 1.54) is 54.4 Å². The Bertz CT molecular complexity index is 3230. The molecule has 3 heterocycles. The number of hydrogen-bond acceptors (Lipinski definition) is 4. The summed E-state index contributed by atoms with van der Waals surface area (Å²) >= 11 is 0. The van der Waals surface area contributed by atoms with Gasteiger partial charge in [-0.15, -0.1) is 0 Å². The van der Waals surface area contributed by atoms with Crippen molar-refractivity contribution < 1.29 is 4.74 Å². The molecule has 264 valence electrons. The zero-order valence-electron chi connectivity index (χ0n) is 30.8. The maximum absolute atomic E-state index is 7.32. The van der Waals surface area contributed by atoms with Crippen molar-refractivity contribution in [2.45, 2.75) is 0 Å². The van der Waals surface area contributed by atoms with Crippen LogP contribution in [0.25, 0.3) is 32.3 Å². The molecule has 3 aliphatic heterocycles. The second kappa shape index (κ2) is 11.5. The minimum Gasteiger partial charge on any atom is -0.451 e. The van der Waals surface area contributed by atoms with Crippen molar-refractivity contribution in [3.63, 3.8) is 0 Å². The van der Waals surface area contributed by atoms with Gasteiger partial charge in [0.25, 0.3) is 6.71 Å². The van der Waals surface area contributed by atoms with E-state index >= 15 is 0 Å². The van der Waals surface area contributed by atoms with Gasteiger partial charge in [-0.1, -0.05) is 133 Å². The molecule has 0 aromatic heterocycles. The number of anilines is 9. The van der Waals surface area contributed by atoms with Crippen molar-refractivity contribution in [3.05, 3.63) is 194 Å². The molecule has 0 radical (unpaired) electrons. The Hall–Kier alpha value is -7.50. The van der Waals surface area contributed by atoms with Crippen LogP contribution in [0, 0.1) is 0 Å². The highest BCUT2D eigenvalue weighted by Gasteiger charge is 2.47. The zero-order chi connectivity index (χ0) is 37.2. The fourth-order valence-corrected chi connectivity index (χ4v) is 10.0. The number of rotatable bonds is 3. The lowest BCUT2D eigenvalue weighted by Crippen LogP contribution is -2.61. The van der Waals surface area contributed by atoms with E-state index in [2.05, 4.69) is 209 Å². The Morgan fingerprint density at radius 2 is 0.930 bits per heavy atom. The molecule has 3 aliphatic rings. The Labute approximate surface area is 330 Å². The summed E-state index contributed by atoms with van der Waals surface area (Å²) in [7, 11) is 0. The lowest BCUT2D eigenvalue weighted by Gasteiger charge is -2.46. The minimum atomic E-state index is -0.0172. The lowest BCUT2D eigenvalue weighted by atomic mass is 9.33. The Balaban J connectivity index is 1.19. The molecule has 5 heteroatoms. The molecule has 4 nitrogen and oxygen atoms in total. The molecule has 0 N–H and O–H groups in total. The molecule has 10 aromatic carbocycles. The summed E-state index contributed by atoms with van der Waals surface area (Å²) in [6.45, 7) is -0.0172. The van der Waals surface area contributed by atoms with E-state index in [-0.39, 0.29) is 6.71 Å². The smallest absolute Gasteiger partial charge is 0.252 e. The summed E-state index contributed by atoms with van der Waals surface area (Å²) in [5.41, 5.74) is 13.6. The minimum absolute atomic E-state index is 0.0172. The van der Waals surface area contributed by atoms with Crippen molar-refractivity contribution in [2.24, 2.45) is 0 Å². The van der Waals surface area contributed by atoms with Crippen LogP contribution in [0.2, 0.25) is 0 Å². The van der Waals surface area contributed by atoms with E-state index in [4.69, 9.17) is 4.74 Å². The lowest BCUT2D eigenvalue weighted by molar-refractivity contribution is 0.478. The van der Waals surface area contributed by atoms with Crippen molar-refractivity contribution in [1.29, 1.82) is 0 Å². The summed E-state index contributed by atoms with van der Waals surface area (Å²) in [5.74, 6) is 1.67. The van der Waals surface area contributed by atoms with Gasteiger partial charge in [0.1, 0.15) is 0 Å². The van der Waals surface area contributed by atoms with E-state index in [9.17, 15) is 0 Å². The monoisotopic (exact) mass is 725 g/mol. The Morgan fingerprint density at radius 1 is 0.368 bits per heavy atom. The molecule has 0 amide bonds. The van der Waals surface area contributed by atoms with E-state index in [1.807, 2.05) is 0 Å². The predicted molar refractivity (Wildman–Crippen MR) is 239 cm³/mol. The quantitative estimate of drug-likeness (QED) is 0.133. The van der Waals surface area contributed by atoms with Crippen LogP contribution in [0.15, 0.2) is 194 Å². The van der Waals surface area contributed by atoms with E-state index in [0.717, 1.165) is 57.0 Å². The van der Waals surface area contributed by atoms with Gasteiger partial charge in [-0.2, -0.15) is 0 Å². The number of nitrogens with zero attached hydrogens (tertiary/aromatic N) is 3. The van der Waals surface area contributed by atoms with Gasteiger partial charge in [-0.05, 0) is 104 Å². The fraction of sp³-hybridized carbons (Fsp3) is 0. The average molecular weight is 726 g/mol. The second-order valence-electron chi connectivity index (χ2n) is 15.2. The first-order valence-corrected chi connectivity index (χ1v) is 19.6. The third kappa shape index (κ3) is 4.18. The van der Waals surface area contributed by atoms with Crippen LogP contribution in [-0.2, 0) is 0 Å². The third-order valence-electron chi connectivity index (χ3n) is 12.3. The van der Waals surface area contributed by atoms with Gasteiger partial charge in [0.15, 0.2) is 11.5 Å². The Morgan fingerprint density at radius 3 is 1.65 bits per heavy atom. The number of hydrogen-bond donors (Lipinski definition) is 0. The summed E-state index contributed by atoms with van der Waals surface area (Å²) < 4.78 is 7.32. The Kier molecular flexibility index (Phi) is 6.22. The average Bonchev–Trinajstić information content (AvgIpc) is 3.28. The molecule has 13 rings (SSSR count). The maximum Gasteiger partial charge on any atom is 0.252 e. The van der Waals surface area contributed by atoms with Crippen LogP contribution in [0.1, 0.15) is 0 Å². The first-order valence-electron chi connectivity index (χ1n) is 19.6. The summed E-state index contributed by atoms with van der Waals surface area (Å²) in [6.07, 6.45) is 0. The summed E-state index contributed by atoms with van der Waals surface area (Å²) in [6, 6.07) is 70.7. The van der Waals surface area contributed by atoms with Gasteiger partial charge in [0.05, 0.1) is 22.7 Å². The van der Waals surface area contributed by atoms with Crippen LogP contribution in [0.3, 0.4) is 0 Å². The first-order chi connectivity index (χ1) is 28.3. The van der Waals surface area contributed by atoms with Gasteiger partial charge >= 0.3 is 0 Å². The zero-order valence-corrected chi connectivity index (χ0v) is 30.8. The van der Waals surface area contributed by atoms with E-state index in [0.29, 0.717) is 0 Å². The fourth-order valence-electron chi connectivity index (χ4n) is 10.0. The van der Waals surface area contributed by atoms with Gasteiger partial charge < -0.3 is 19.4 Å². The van der Waals surface area contributed by atoms with Crippen LogP contribution < -0.4 is 35.8 Å². The molecule has 0 atom stereocenters. The molecule has 0 spiro atoms. The number of ether oxygens (including phenoxy) is 1. The second-order valence-corrected chi connectivity index (χ2v) is 15.2. The number of para-hydroxylation sites is 6. The van der Waals surface area contributed by atoms with Crippen LogP contribution in [0.5, 0.6) is 11.5 Å². The molecule has 0 saturated heterocycles. The highest BCUT2D eigenvalue weighted by molar-refractivity contribution is 7.00. The van der Waals surface area contributed by atoms with Crippen LogP contribution in [0.4, 0.5) is 51.2 Å². The molecule has 10 aromatic rings. The molecule has 0 unspecified atom stereocenters. The normalized spacial score (nSPS) is 13.6. The third-order valence-corrected chi connectivity index (χ3v) is 12.3. The standard InChI is InChI=1S/C52H32BN3O/c1-3-16-36(17-4-1)54-42-22-9-7-20-39(42)53-40-21-8-10-23-43(40)55(37-18-5-2-6-19-37)51-50(53)45(54)32-46-52(51)57-47-25-12-11-24-44(47)56(46)41-31-29-35-27-26-33-14-13-15-34-28-30-38(41)49(35)48(33)34/h1-32H. The van der Waals surface area contributed by atoms with Gasteiger partial charge in [0.2, 0.25) is 0 Å². The van der Waals surface area contributed by atoms with E-state index in [1.54, 1.807) is 0 Å². The van der Waals surface area contributed by atoms with E-state index < -0.39 is 0 Å². The SMILES string of the molecule is c1ccc(N2c3ccccc3B3c4ccccc4N(c4ccccc4)c4c5c(cc2c43)N(c2ccc3ccc4cccc6ccc2c3c46)c2ccccc2O5)cc1. The van der Waals surface area contributed by atoms with Crippen molar-refractivity contribution >= 4 is 107 Å². The van der Waals surface area contributed by atoms with Crippen LogP contribution >= 0.6 is 0 Å². The summed E-state index contributed by atoms with van der Waals surface area (Å²) in [5, 5.41) is 7.54. The molecule has 0 bridgehead atoms. The van der Waals surface area contributed by atoms with Crippen LogP contribution in [-0.4, -0.2) is 6.71 Å². The molecular weight excluding hydrogens is 693 g/mol. The molecule has 0 saturated carbocycles. The number of benzene rings is 10. The maximum atomic E-state index is 7.32. The van der Waals surface area contributed by atoms with Crippen molar-refractivity contribution in [3.8, 4) is 11.5 Å². The van der Waals surface area contributed by atoms with Crippen molar-refractivity contribution in [2.75, 3.05) is 14.7 Å². The molecule has 0 fully saturated rings. The largest absolute Gasteiger partial charge is 0.451 e. The molecule has 0 aliphatic carbocycles. The highest BCUT2D eigenvalue weighted by Crippen LogP contribution is 2.59. The highest BCUT2D eigenvalue weighted by atomic mass is 16.5. The topological polar surface area (TPSA) is 19.0 Å². The molecular formula is C52H32BN3O. The van der Waals surface area contributed by atoms with Gasteiger partial charge in [-0.3, -0.25) is 0 Å². The van der Waals surface area contributed by atoms with Crippen molar-refractivity contribution in [1.82, 2.24) is 0 Å².